The van der Waals surface area contributed by atoms with Crippen LogP contribution < -0.4 is 15.5 Å². The van der Waals surface area contributed by atoms with Gasteiger partial charge in [-0.15, -0.1) is 0 Å². The van der Waals surface area contributed by atoms with Crippen LogP contribution in [0.4, 0.5) is 30.9 Å². The van der Waals surface area contributed by atoms with Crippen LogP contribution in [0.3, 0.4) is 0 Å². The number of carbonyl (C=O) groups excluding carboxylic acids is 1. The zero-order chi connectivity index (χ0) is 27.9. The summed E-state index contributed by atoms with van der Waals surface area (Å²) in [6, 6.07) is -0.368. The molecule has 0 radical (unpaired) electrons. The maximum absolute atomic E-state index is 13.9. The molecule has 3 N–H and O–H groups in total. The molecule has 3 aromatic heterocycles. The molecule has 39 heavy (non-hydrogen) atoms. The zero-order valence-corrected chi connectivity index (χ0v) is 21.5. The summed E-state index contributed by atoms with van der Waals surface area (Å²) in [4.78, 5) is 39.3. The third-order valence-corrected chi connectivity index (χ3v) is 6.68. The van der Waals surface area contributed by atoms with E-state index in [1.165, 1.54) is 24.2 Å². The lowest BCUT2D eigenvalue weighted by molar-refractivity contribution is -0.141. The highest BCUT2D eigenvalue weighted by Crippen LogP contribution is 2.34. The van der Waals surface area contributed by atoms with E-state index in [9.17, 15) is 23.1 Å². The number of nitrogens with two attached hydrogens (primary N) is 1. The van der Waals surface area contributed by atoms with Crippen LogP contribution >= 0.6 is 0 Å². The van der Waals surface area contributed by atoms with E-state index in [0.29, 0.717) is 37.7 Å². The van der Waals surface area contributed by atoms with Gasteiger partial charge in [-0.25, -0.2) is 24.9 Å². The third kappa shape index (κ3) is 5.52. The summed E-state index contributed by atoms with van der Waals surface area (Å²) < 4.78 is 48.2. The predicted molar refractivity (Wildman–Crippen MR) is 135 cm³/mol. The summed E-state index contributed by atoms with van der Waals surface area (Å²) in [6.45, 7) is 4.32. The molecule has 0 aromatic carbocycles. The van der Waals surface area contributed by atoms with Gasteiger partial charge < -0.3 is 30.3 Å². The molecule has 2 fully saturated rings. The van der Waals surface area contributed by atoms with Gasteiger partial charge in [-0.1, -0.05) is 0 Å². The number of aliphatic hydroxyl groups is 1. The van der Waals surface area contributed by atoms with E-state index in [-0.39, 0.29) is 54.6 Å². The number of hydrogen-bond acceptors (Lipinski definition) is 11. The van der Waals surface area contributed by atoms with Crippen molar-refractivity contribution in [3.63, 3.8) is 0 Å². The largest absolute Gasteiger partial charge is 0.406 e. The fraction of sp³-hybridized carbons (Fsp3) is 0.565. The first-order valence-corrected chi connectivity index (χ1v) is 12.5. The SMILES string of the molecule is C[C@H](O)C(=O)N1CCN(c2nc3c(N4CCOCC4)nc(-c4cnc(N)nc4)nc3n2CC(F)(F)F)C[C@@H]1C. The van der Waals surface area contributed by atoms with E-state index < -0.39 is 24.7 Å². The first-order chi connectivity index (χ1) is 18.5. The van der Waals surface area contributed by atoms with Gasteiger partial charge in [0.2, 0.25) is 11.9 Å². The van der Waals surface area contributed by atoms with Crippen LogP contribution in [0, 0.1) is 0 Å². The summed E-state index contributed by atoms with van der Waals surface area (Å²) >= 11 is 0. The second kappa shape index (κ2) is 10.4. The minimum Gasteiger partial charge on any atom is -0.384 e. The summed E-state index contributed by atoms with van der Waals surface area (Å²) in [5, 5.41) is 9.74. The minimum absolute atomic E-state index is 0.0146. The van der Waals surface area contributed by atoms with E-state index in [1.807, 2.05) is 4.90 Å². The Labute approximate surface area is 221 Å². The van der Waals surface area contributed by atoms with E-state index >= 15 is 0 Å². The Balaban J connectivity index is 1.64. The van der Waals surface area contributed by atoms with Crippen molar-refractivity contribution >= 4 is 34.8 Å². The van der Waals surface area contributed by atoms with Gasteiger partial charge in [-0.2, -0.15) is 13.2 Å². The standard InChI is InChI=1S/C23H29F3N10O3/c1-13-11-34(3-4-35(13)20(38)14(2)37)22-30-16-18(33-5-7-39-8-6-33)31-17(15-9-28-21(27)29-10-15)32-19(16)36(22)12-23(24,25)26/h9-10,13-14,37H,3-8,11-12H2,1-2H3,(H2,27,28,29)/t13-,14-/m0/s1. The van der Waals surface area contributed by atoms with Crippen molar-refractivity contribution in [1.82, 2.24) is 34.4 Å². The second-order valence-electron chi connectivity index (χ2n) is 9.59. The number of anilines is 3. The Morgan fingerprint density at radius 3 is 2.44 bits per heavy atom. The van der Waals surface area contributed by atoms with Gasteiger partial charge in [0.25, 0.3) is 5.91 Å². The van der Waals surface area contributed by atoms with Crippen LogP contribution in [0.15, 0.2) is 12.4 Å². The quantitative estimate of drug-likeness (QED) is 0.461. The number of imidazole rings is 1. The molecule has 5 heterocycles. The molecule has 16 heteroatoms. The molecule has 0 bridgehead atoms. The average molecular weight is 551 g/mol. The third-order valence-electron chi connectivity index (χ3n) is 6.68. The van der Waals surface area contributed by atoms with Crippen molar-refractivity contribution in [3.8, 4) is 11.4 Å². The average Bonchev–Trinajstić information content (AvgIpc) is 3.25. The predicted octanol–water partition coefficient (Wildman–Crippen LogP) is 0.682. The van der Waals surface area contributed by atoms with E-state index in [1.54, 1.807) is 11.8 Å². The van der Waals surface area contributed by atoms with Gasteiger partial charge in [0.1, 0.15) is 12.6 Å². The van der Waals surface area contributed by atoms with Gasteiger partial charge in [0.15, 0.2) is 22.8 Å². The Morgan fingerprint density at radius 1 is 1.13 bits per heavy atom. The number of nitrogen functional groups attached to an aromatic ring is 1. The molecule has 0 saturated carbocycles. The number of fused-ring (bicyclic) bond motifs is 1. The first kappa shape index (κ1) is 26.8. The normalized spacial score (nSPS) is 19.5. The number of ether oxygens (including phenoxy) is 1. The molecule has 0 aliphatic carbocycles. The van der Waals surface area contributed by atoms with Gasteiger partial charge >= 0.3 is 6.18 Å². The van der Waals surface area contributed by atoms with Crippen LogP contribution in [0.25, 0.3) is 22.6 Å². The van der Waals surface area contributed by atoms with E-state index in [0.717, 1.165) is 4.57 Å². The summed E-state index contributed by atoms with van der Waals surface area (Å²) in [5.74, 6) is 0.211. The fourth-order valence-corrected chi connectivity index (χ4v) is 4.83. The molecule has 0 spiro atoms. The fourth-order valence-electron chi connectivity index (χ4n) is 4.83. The molecule has 2 aliphatic rings. The highest BCUT2D eigenvalue weighted by Gasteiger charge is 2.36. The van der Waals surface area contributed by atoms with Crippen molar-refractivity contribution in [1.29, 1.82) is 0 Å². The number of hydrogen-bond donors (Lipinski definition) is 2. The highest BCUT2D eigenvalue weighted by atomic mass is 19.4. The molecule has 2 saturated heterocycles. The summed E-state index contributed by atoms with van der Waals surface area (Å²) in [6.07, 6.45) is -2.90. The number of morpholine rings is 1. The number of amides is 1. The Hall–Kier alpha value is -3.79. The summed E-state index contributed by atoms with van der Waals surface area (Å²) in [7, 11) is 0. The highest BCUT2D eigenvalue weighted by molar-refractivity contribution is 5.88. The summed E-state index contributed by atoms with van der Waals surface area (Å²) in [5.41, 5.74) is 6.24. The number of nitrogens with zero attached hydrogens (tertiary/aromatic N) is 9. The number of aliphatic hydroxyl groups excluding tert-OH is 1. The smallest absolute Gasteiger partial charge is 0.384 e. The number of piperazine rings is 1. The molecule has 0 unspecified atom stereocenters. The van der Waals surface area contributed by atoms with Gasteiger partial charge in [-0.05, 0) is 13.8 Å². The molecule has 3 aromatic rings. The van der Waals surface area contributed by atoms with Crippen LogP contribution in [-0.4, -0.2) is 110 Å². The molecule has 210 valence electrons. The van der Waals surface area contributed by atoms with Crippen LogP contribution in [0.1, 0.15) is 13.8 Å². The van der Waals surface area contributed by atoms with Gasteiger partial charge in [0.05, 0.1) is 18.8 Å². The van der Waals surface area contributed by atoms with Crippen LogP contribution in [0.2, 0.25) is 0 Å². The van der Waals surface area contributed by atoms with Crippen molar-refractivity contribution in [2.45, 2.75) is 38.7 Å². The monoisotopic (exact) mass is 550 g/mol. The lowest BCUT2D eigenvalue weighted by Crippen LogP contribution is -2.56. The lowest BCUT2D eigenvalue weighted by Gasteiger charge is -2.40. The van der Waals surface area contributed by atoms with E-state index in [4.69, 9.17) is 10.5 Å². The molecular formula is C23H29F3N10O3. The van der Waals surface area contributed by atoms with Crippen molar-refractivity contribution in [3.05, 3.63) is 12.4 Å². The first-order valence-electron chi connectivity index (χ1n) is 12.5. The van der Waals surface area contributed by atoms with Gasteiger partial charge in [-0.3, -0.25) is 9.36 Å². The molecule has 5 rings (SSSR count). The van der Waals surface area contributed by atoms with Crippen molar-refractivity contribution in [2.24, 2.45) is 0 Å². The molecule has 1 amide bonds. The number of rotatable bonds is 5. The zero-order valence-electron chi connectivity index (χ0n) is 21.5. The van der Waals surface area contributed by atoms with Gasteiger partial charge in [0, 0.05) is 51.2 Å². The van der Waals surface area contributed by atoms with E-state index in [2.05, 4.69) is 24.9 Å². The lowest BCUT2D eigenvalue weighted by atomic mass is 10.1. The second-order valence-corrected chi connectivity index (χ2v) is 9.59. The molecule has 2 aliphatic heterocycles. The molecule has 2 atom stereocenters. The topological polar surface area (TPSA) is 152 Å². The number of halogens is 3. The molecule has 13 nitrogen and oxygen atoms in total. The maximum Gasteiger partial charge on any atom is 0.406 e. The number of aromatic nitrogens is 6. The minimum atomic E-state index is -4.56. The Bertz CT molecular complexity index is 1340. The van der Waals surface area contributed by atoms with Crippen LogP contribution in [0.5, 0.6) is 0 Å². The van der Waals surface area contributed by atoms with Crippen molar-refractivity contribution < 1.29 is 27.8 Å². The Kier molecular flexibility index (Phi) is 7.15. The number of alkyl halides is 3. The Morgan fingerprint density at radius 2 is 1.82 bits per heavy atom. The maximum atomic E-state index is 13.9. The van der Waals surface area contributed by atoms with Crippen LogP contribution in [-0.2, 0) is 16.1 Å². The van der Waals surface area contributed by atoms with Crippen molar-refractivity contribution in [2.75, 3.05) is 61.5 Å². The number of carbonyl (C=O) groups is 1. The molecular weight excluding hydrogens is 521 g/mol.